The molecule has 0 saturated carbocycles. The van der Waals surface area contributed by atoms with E-state index >= 15 is 4.39 Å². The molecule has 3 rings (SSSR count). The monoisotopic (exact) mass is 366 g/mol. The quantitative estimate of drug-likeness (QED) is 0.760. The summed E-state index contributed by atoms with van der Waals surface area (Å²) in [7, 11) is 0. The fourth-order valence-electron chi connectivity index (χ4n) is 4.26. The second-order valence-corrected chi connectivity index (χ2v) is 8.74. The normalized spacial score (nSPS) is 24.2. The zero-order valence-electron chi connectivity index (χ0n) is 15.6. The number of carboxylic acids is 1. The molecule has 0 radical (unpaired) electrons. The lowest BCUT2D eigenvalue weighted by Crippen LogP contribution is -2.46. The Balaban J connectivity index is 2.28. The lowest BCUT2D eigenvalue weighted by Gasteiger charge is -2.47. The van der Waals surface area contributed by atoms with Crippen LogP contribution in [0, 0.1) is 17.6 Å². The van der Waals surface area contributed by atoms with Crippen molar-refractivity contribution in [3.05, 3.63) is 34.4 Å². The second kappa shape index (κ2) is 5.69. The maximum Gasteiger partial charge on any atom is 0.331 e. The summed E-state index contributed by atoms with van der Waals surface area (Å²) in [5.74, 6) is -4.38. The maximum atomic E-state index is 15.2. The SMILES string of the molecule is CC(C)(C)c1c(F)c(O)c2c(c1F)OC(C)(C)[C@@H]1CC=C(C(=O)O)C[C@@H]21. The lowest BCUT2D eigenvalue weighted by molar-refractivity contribution is -0.133. The average molecular weight is 366 g/mol. The summed E-state index contributed by atoms with van der Waals surface area (Å²) in [4.78, 5) is 11.4. The van der Waals surface area contributed by atoms with Gasteiger partial charge in [-0.15, -0.1) is 0 Å². The van der Waals surface area contributed by atoms with Gasteiger partial charge in [-0.05, 0) is 32.1 Å². The van der Waals surface area contributed by atoms with Gasteiger partial charge in [-0.25, -0.2) is 13.6 Å². The first-order valence-electron chi connectivity index (χ1n) is 8.72. The highest BCUT2D eigenvalue weighted by Gasteiger charge is 2.49. The number of fused-ring (bicyclic) bond motifs is 3. The Morgan fingerprint density at radius 1 is 1.27 bits per heavy atom. The highest BCUT2D eigenvalue weighted by atomic mass is 19.1. The molecule has 1 aromatic carbocycles. The summed E-state index contributed by atoms with van der Waals surface area (Å²) in [6.07, 6.45) is 2.14. The minimum absolute atomic E-state index is 0.0455. The molecule has 2 atom stereocenters. The number of carbonyl (C=O) groups is 1. The standard InChI is InChI=1S/C20H24F2O4/c1-19(2,3)13-14(21)16(23)12-10-8-9(18(24)25)6-7-11(10)20(4,5)26-17(12)15(13)22/h6,10-11,23H,7-8H2,1-5H3,(H,24,25)/t10-,11-/m1/s1. The van der Waals surface area contributed by atoms with Crippen LogP contribution in [0.3, 0.4) is 0 Å². The Morgan fingerprint density at radius 2 is 1.88 bits per heavy atom. The number of carboxylic acid groups (broad SMARTS) is 1. The first kappa shape index (κ1) is 18.7. The minimum Gasteiger partial charge on any atom is -0.505 e. The van der Waals surface area contributed by atoms with Crippen molar-refractivity contribution in [3.63, 3.8) is 0 Å². The second-order valence-electron chi connectivity index (χ2n) is 8.74. The molecule has 0 saturated heterocycles. The number of halogens is 2. The van der Waals surface area contributed by atoms with Crippen molar-refractivity contribution in [3.8, 4) is 11.5 Å². The molecule has 142 valence electrons. The van der Waals surface area contributed by atoms with E-state index in [0.29, 0.717) is 6.42 Å². The largest absolute Gasteiger partial charge is 0.505 e. The number of benzene rings is 1. The molecule has 4 nitrogen and oxygen atoms in total. The van der Waals surface area contributed by atoms with Crippen molar-refractivity contribution in [1.29, 1.82) is 0 Å². The number of hydrogen-bond donors (Lipinski definition) is 2. The Kier molecular flexibility index (Phi) is 4.09. The fraction of sp³-hybridized carbons (Fsp3) is 0.550. The van der Waals surface area contributed by atoms with E-state index < -0.39 is 40.3 Å². The highest BCUT2D eigenvalue weighted by molar-refractivity contribution is 5.87. The molecule has 26 heavy (non-hydrogen) atoms. The van der Waals surface area contributed by atoms with Crippen LogP contribution in [0.25, 0.3) is 0 Å². The van der Waals surface area contributed by atoms with Gasteiger partial charge in [-0.3, -0.25) is 0 Å². The van der Waals surface area contributed by atoms with Gasteiger partial charge in [0.05, 0.1) is 0 Å². The van der Waals surface area contributed by atoms with Gasteiger partial charge in [0.15, 0.2) is 23.1 Å². The maximum absolute atomic E-state index is 15.2. The van der Waals surface area contributed by atoms with E-state index in [1.54, 1.807) is 26.8 Å². The number of aliphatic carboxylic acids is 1. The summed E-state index contributed by atoms with van der Waals surface area (Å²) in [6.45, 7) is 8.59. The molecule has 0 fully saturated rings. The van der Waals surface area contributed by atoms with E-state index in [9.17, 15) is 19.4 Å². The van der Waals surface area contributed by atoms with Gasteiger partial charge >= 0.3 is 5.97 Å². The average Bonchev–Trinajstić information content (AvgIpc) is 2.50. The molecular formula is C20H24F2O4. The van der Waals surface area contributed by atoms with E-state index in [-0.39, 0.29) is 34.8 Å². The molecule has 0 bridgehead atoms. The number of phenols is 1. The molecule has 1 aliphatic heterocycles. The van der Waals surface area contributed by atoms with E-state index in [1.807, 2.05) is 13.8 Å². The van der Waals surface area contributed by atoms with Gasteiger partial charge in [-0.1, -0.05) is 26.8 Å². The molecule has 0 amide bonds. The van der Waals surface area contributed by atoms with Crippen LogP contribution < -0.4 is 4.74 Å². The zero-order valence-corrected chi connectivity index (χ0v) is 15.6. The van der Waals surface area contributed by atoms with E-state index in [0.717, 1.165) is 0 Å². The summed E-state index contributed by atoms with van der Waals surface area (Å²) in [5, 5.41) is 19.9. The third-order valence-electron chi connectivity index (χ3n) is 5.54. The lowest BCUT2D eigenvalue weighted by atomic mass is 9.66. The Hall–Kier alpha value is -2.11. The topological polar surface area (TPSA) is 66.8 Å². The Bertz CT molecular complexity index is 818. The van der Waals surface area contributed by atoms with Gasteiger partial charge in [0.1, 0.15) is 5.60 Å². The number of rotatable bonds is 1. The predicted octanol–water partition coefficient (Wildman–Crippen LogP) is 4.64. The molecule has 0 aromatic heterocycles. The number of aromatic hydroxyl groups is 1. The number of allylic oxidation sites excluding steroid dienone is 1. The predicted molar refractivity (Wildman–Crippen MR) is 92.6 cm³/mol. The van der Waals surface area contributed by atoms with E-state index in [2.05, 4.69) is 0 Å². The van der Waals surface area contributed by atoms with Crippen molar-refractivity contribution < 1.29 is 28.5 Å². The smallest absolute Gasteiger partial charge is 0.331 e. The molecule has 6 heteroatoms. The van der Waals surface area contributed by atoms with Crippen molar-refractivity contribution in [2.75, 3.05) is 0 Å². The summed E-state index contributed by atoms with van der Waals surface area (Å²) >= 11 is 0. The molecule has 2 N–H and O–H groups in total. The van der Waals surface area contributed by atoms with Crippen LogP contribution >= 0.6 is 0 Å². The van der Waals surface area contributed by atoms with Crippen LogP contribution in [0.4, 0.5) is 8.78 Å². The Morgan fingerprint density at radius 3 is 2.42 bits per heavy atom. The first-order valence-corrected chi connectivity index (χ1v) is 8.72. The summed E-state index contributed by atoms with van der Waals surface area (Å²) in [6, 6.07) is 0. The number of ether oxygens (including phenoxy) is 1. The third-order valence-corrected chi connectivity index (χ3v) is 5.54. The van der Waals surface area contributed by atoms with Gasteiger partial charge in [0.25, 0.3) is 0 Å². The molecule has 1 heterocycles. The van der Waals surface area contributed by atoms with Gasteiger partial charge in [0, 0.05) is 28.5 Å². The van der Waals surface area contributed by atoms with Gasteiger partial charge < -0.3 is 14.9 Å². The first-order chi connectivity index (χ1) is 11.9. The minimum atomic E-state index is -1.05. The van der Waals surface area contributed by atoms with Crippen LogP contribution in [-0.2, 0) is 10.2 Å². The van der Waals surface area contributed by atoms with Crippen LogP contribution in [0.15, 0.2) is 11.6 Å². The van der Waals surface area contributed by atoms with Gasteiger partial charge in [0.2, 0.25) is 0 Å². The number of hydrogen-bond acceptors (Lipinski definition) is 3. The molecule has 1 aromatic rings. The van der Waals surface area contributed by atoms with Gasteiger partial charge in [-0.2, -0.15) is 0 Å². The van der Waals surface area contributed by atoms with Crippen LogP contribution in [0.5, 0.6) is 11.5 Å². The zero-order chi connectivity index (χ0) is 19.6. The summed E-state index contributed by atoms with van der Waals surface area (Å²) < 4.78 is 36.0. The molecular weight excluding hydrogens is 342 g/mol. The highest BCUT2D eigenvalue weighted by Crippen LogP contribution is 2.56. The van der Waals surface area contributed by atoms with Crippen molar-refractivity contribution in [1.82, 2.24) is 0 Å². The van der Waals surface area contributed by atoms with Crippen molar-refractivity contribution >= 4 is 5.97 Å². The van der Waals surface area contributed by atoms with Crippen LogP contribution in [0.1, 0.15) is 64.5 Å². The van der Waals surface area contributed by atoms with Crippen molar-refractivity contribution in [2.45, 2.75) is 64.4 Å². The van der Waals surface area contributed by atoms with E-state index in [1.165, 1.54) is 0 Å². The third kappa shape index (κ3) is 2.66. The molecule has 0 spiro atoms. The fourth-order valence-corrected chi connectivity index (χ4v) is 4.26. The molecule has 2 aliphatic rings. The van der Waals surface area contributed by atoms with Crippen LogP contribution in [-0.4, -0.2) is 21.8 Å². The van der Waals surface area contributed by atoms with E-state index in [4.69, 9.17) is 4.74 Å². The van der Waals surface area contributed by atoms with Crippen LogP contribution in [0.2, 0.25) is 0 Å². The summed E-state index contributed by atoms with van der Waals surface area (Å²) in [5.41, 5.74) is -1.64. The number of phenolic OH excluding ortho intramolecular Hbond substituents is 1. The van der Waals surface area contributed by atoms with Crippen molar-refractivity contribution in [2.24, 2.45) is 5.92 Å². The molecule has 0 unspecified atom stereocenters. The Labute approximate surface area is 151 Å². The molecule has 1 aliphatic carbocycles.